The third kappa shape index (κ3) is 4.91. The third-order valence-corrected chi connectivity index (χ3v) is 3.71. The molecule has 10 heteroatoms. The lowest BCUT2D eigenvalue weighted by atomic mass is 9.99. The Kier molecular flexibility index (Phi) is 5.75. The number of carbonyl (C=O) groups is 2. The third-order valence-electron chi connectivity index (χ3n) is 3.71. The molecule has 0 saturated heterocycles. The molecule has 1 aromatic carbocycles. The molecule has 0 fully saturated rings. The van der Waals surface area contributed by atoms with E-state index >= 15 is 0 Å². The summed E-state index contributed by atoms with van der Waals surface area (Å²) >= 11 is 0. The number of nitrogens with one attached hydrogen (secondary N) is 2. The summed E-state index contributed by atoms with van der Waals surface area (Å²) in [6, 6.07) is 4.63. The van der Waals surface area contributed by atoms with Crippen LogP contribution in [0.3, 0.4) is 0 Å². The van der Waals surface area contributed by atoms with Crippen molar-refractivity contribution in [2.45, 2.75) is 39.2 Å². The van der Waals surface area contributed by atoms with Crippen LogP contribution in [0.4, 0.5) is 10.5 Å². The number of aromatic nitrogens is 4. The summed E-state index contributed by atoms with van der Waals surface area (Å²) in [6.45, 7) is 5.27. The molecule has 1 aromatic heterocycles. The maximum absolute atomic E-state index is 12.2. The van der Waals surface area contributed by atoms with E-state index in [4.69, 9.17) is 9.84 Å². The van der Waals surface area contributed by atoms with Crippen molar-refractivity contribution in [3.05, 3.63) is 24.0 Å². The van der Waals surface area contributed by atoms with Crippen molar-refractivity contribution >= 4 is 17.7 Å². The molecule has 26 heavy (non-hydrogen) atoms. The second-order valence-electron chi connectivity index (χ2n) is 6.38. The van der Waals surface area contributed by atoms with Crippen LogP contribution in [0.5, 0.6) is 5.75 Å². The van der Waals surface area contributed by atoms with Gasteiger partial charge in [-0.25, -0.2) is 4.79 Å². The van der Waals surface area contributed by atoms with Crippen molar-refractivity contribution in [3.63, 3.8) is 0 Å². The van der Waals surface area contributed by atoms with Crippen LogP contribution in [0.25, 0.3) is 5.69 Å². The van der Waals surface area contributed by atoms with Crippen molar-refractivity contribution in [1.82, 2.24) is 25.5 Å². The molecule has 0 bridgehead atoms. The van der Waals surface area contributed by atoms with Gasteiger partial charge >= 0.3 is 12.0 Å². The maximum Gasteiger partial charge on any atom is 0.319 e. The quantitative estimate of drug-likeness (QED) is 0.683. The van der Waals surface area contributed by atoms with Gasteiger partial charge in [0.1, 0.15) is 11.4 Å². The number of methoxy groups -OCH3 is 1. The van der Waals surface area contributed by atoms with E-state index in [0.29, 0.717) is 29.4 Å². The summed E-state index contributed by atoms with van der Waals surface area (Å²) in [5, 5.41) is 25.6. The minimum Gasteiger partial charge on any atom is -0.494 e. The van der Waals surface area contributed by atoms with Gasteiger partial charge in [-0.1, -0.05) is 0 Å². The molecule has 0 atom stereocenters. The summed E-state index contributed by atoms with van der Waals surface area (Å²) in [4.78, 5) is 22.9. The molecule has 0 radical (unpaired) electrons. The molecule has 140 valence electrons. The van der Waals surface area contributed by atoms with E-state index in [1.165, 1.54) is 11.8 Å². The standard InChI is InChI=1S/C16H22N6O4/c1-10-19-20-21-22(10)12-9-11(5-6-13(12)26-4)17-15(25)18-16(2,3)8-7-14(23)24/h5-6,9H,7-8H2,1-4H3,(H,23,24)(H2,17,18,25). The molecule has 0 spiro atoms. The molecule has 0 saturated carbocycles. The summed E-state index contributed by atoms with van der Waals surface area (Å²) in [5.74, 6) is 0.213. The molecule has 0 unspecified atom stereocenters. The monoisotopic (exact) mass is 362 g/mol. The van der Waals surface area contributed by atoms with Gasteiger partial charge < -0.3 is 20.5 Å². The fourth-order valence-corrected chi connectivity index (χ4v) is 2.34. The number of tetrazole rings is 1. The number of benzene rings is 1. The molecule has 2 amide bonds. The zero-order valence-corrected chi connectivity index (χ0v) is 15.1. The van der Waals surface area contributed by atoms with Crippen LogP contribution in [-0.4, -0.2) is 50.0 Å². The molecule has 2 aromatic rings. The number of nitrogens with zero attached hydrogens (tertiary/aromatic N) is 4. The Bertz CT molecular complexity index is 802. The summed E-state index contributed by atoms with van der Waals surface area (Å²) < 4.78 is 6.82. The number of rotatable bonds is 7. The van der Waals surface area contributed by atoms with Crippen molar-refractivity contribution < 1.29 is 19.4 Å². The molecule has 0 aliphatic heterocycles. The Morgan fingerprint density at radius 3 is 2.65 bits per heavy atom. The molecule has 0 aliphatic rings. The average molecular weight is 362 g/mol. The van der Waals surface area contributed by atoms with Gasteiger partial charge in [0, 0.05) is 17.6 Å². The van der Waals surface area contributed by atoms with E-state index in [0.717, 1.165) is 0 Å². The van der Waals surface area contributed by atoms with Crippen LogP contribution in [0.2, 0.25) is 0 Å². The van der Waals surface area contributed by atoms with Crippen LogP contribution in [-0.2, 0) is 4.79 Å². The zero-order valence-electron chi connectivity index (χ0n) is 15.1. The molecule has 3 N–H and O–H groups in total. The summed E-state index contributed by atoms with van der Waals surface area (Å²) in [7, 11) is 1.53. The second kappa shape index (κ2) is 7.81. The Morgan fingerprint density at radius 2 is 2.08 bits per heavy atom. The SMILES string of the molecule is COc1ccc(NC(=O)NC(C)(C)CCC(=O)O)cc1-n1nnnc1C. The van der Waals surface area contributed by atoms with Crippen molar-refractivity contribution in [3.8, 4) is 11.4 Å². The molecular weight excluding hydrogens is 340 g/mol. The van der Waals surface area contributed by atoms with Gasteiger partial charge in [0.05, 0.1) is 7.11 Å². The molecule has 10 nitrogen and oxygen atoms in total. The van der Waals surface area contributed by atoms with Crippen molar-refractivity contribution in [1.29, 1.82) is 0 Å². The fourth-order valence-electron chi connectivity index (χ4n) is 2.34. The lowest BCUT2D eigenvalue weighted by Gasteiger charge is -2.25. The Morgan fingerprint density at radius 1 is 1.35 bits per heavy atom. The van der Waals surface area contributed by atoms with Gasteiger partial charge in [-0.2, -0.15) is 4.68 Å². The van der Waals surface area contributed by atoms with E-state index < -0.39 is 17.5 Å². The topological polar surface area (TPSA) is 131 Å². The number of aliphatic carboxylic acids is 1. The predicted molar refractivity (Wildman–Crippen MR) is 93.5 cm³/mol. The first-order valence-corrected chi connectivity index (χ1v) is 7.96. The van der Waals surface area contributed by atoms with Gasteiger partial charge in [-0.15, -0.1) is 5.10 Å². The molecular formula is C16H22N6O4. The maximum atomic E-state index is 12.2. The average Bonchev–Trinajstić information content (AvgIpc) is 2.98. The number of carboxylic acids is 1. The van der Waals surface area contributed by atoms with E-state index in [1.807, 2.05) is 0 Å². The van der Waals surface area contributed by atoms with Crippen molar-refractivity contribution in [2.24, 2.45) is 0 Å². The van der Waals surface area contributed by atoms with Crippen molar-refractivity contribution in [2.75, 3.05) is 12.4 Å². The Balaban J connectivity index is 2.13. The Labute approximate surface area is 150 Å². The predicted octanol–water partition coefficient (Wildman–Crippen LogP) is 1.74. The molecule has 2 rings (SSSR count). The highest BCUT2D eigenvalue weighted by molar-refractivity contribution is 5.90. The molecule has 0 aliphatic carbocycles. The fraction of sp³-hybridized carbons (Fsp3) is 0.438. The summed E-state index contributed by atoms with van der Waals surface area (Å²) in [5.41, 5.74) is 0.435. The van der Waals surface area contributed by atoms with E-state index in [9.17, 15) is 9.59 Å². The number of anilines is 1. The van der Waals surface area contributed by atoms with Gasteiger partial charge in [0.25, 0.3) is 0 Å². The lowest BCUT2D eigenvalue weighted by Crippen LogP contribution is -2.45. The van der Waals surface area contributed by atoms with Gasteiger partial charge in [-0.3, -0.25) is 4.79 Å². The number of hydrogen-bond acceptors (Lipinski definition) is 6. The largest absolute Gasteiger partial charge is 0.494 e. The zero-order chi connectivity index (χ0) is 19.3. The van der Waals surface area contributed by atoms with Crippen LogP contribution >= 0.6 is 0 Å². The number of carbonyl (C=O) groups excluding carboxylic acids is 1. The minimum absolute atomic E-state index is 0.0292. The van der Waals surface area contributed by atoms with Crippen LogP contribution < -0.4 is 15.4 Å². The number of urea groups is 1. The van der Waals surface area contributed by atoms with Crippen LogP contribution in [0.1, 0.15) is 32.5 Å². The highest BCUT2D eigenvalue weighted by Gasteiger charge is 2.22. The highest BCUT2D eigenvalue weighted by Crippen LogP contribution is 2.26. The van der Waals surface area contributed by atoms with E-state index in [-0.39, 0.29) is 6.42 Å². The molecule has 1 heterocycles. The number of carboxylic acid groups (broad SMARTS) is 1. The first-order valence-electron chi connectivity index (χ1n) is 7.96. The van der Waals surface area contributed by atoms with Crippen LogP contribution in [0.15, 0.2) is 18.2 Å². The van der Waals surface area contributed by atoms with Gasteiger partial charge in [-0.05, 0) is 55.8 Å². The first kappa shape index (κ1) is 19.2. The van der Waals surface area contributed by atoms with E-state index in [1.54, 1.807) is 39.0 Å². The lowest BCUT2D eigenvalue weighted by molar-refractivity contribution is -0.137. The number of ether oxygens (including phenoxy) is 1. The highest BCUT2D eigenvalue weighted by atomic mass is 16.5. The van der Waals surface area contributed by atoms with Crippen LogP contribution in [0, 0.1) is 6.92 Å². The first-order chi connectivity index (χ1) is 12.2. The number of hydrogen-bond donors (Lipinski definition) is 3. The second-order valence-corrected chi connectivity index (χ2v) is 6.38. The smallest absolute Gasteiger partial charge is 0.319 e. The normalized spacial score (nSPS) is 11.1. The number of amides is 2. The number of aryl methyl sites for hydroxylation is 1. The van der Waals surface area contributed by atoms with Gasteiger partial charge in [0.15, 0.2) is 5.82 Å². The minimum atomic E-state index is -0.906. The Hall–Kier alpha value is -3.17. The van der Waals surface area contributed by atoms with E-state index in [2.05, 4.69) is 26.2 Å². The summed E-state index contributed by atoms with van der Waals surface area (Å²) in [6.07, 6.45) is 0.284. The van der Waals surface area contributed by atoms with Gasteiger partial charge in [0.2, 0.25) is 0 Å².